The van der Waals surface area contributed by atoms with Gasteiger partial charge in [0.2, 0.25) is 0 Å². The molecular weight excluding hydrogens is 192 g/mol. The Morgan fingerprint density at radius 2 is 2.40 bits per heavy atom. The third kappa shape index (κ3) is 2.35. The predicted octanol–water partition coefficient (Wildman–Crippen LogP) is 0.206. The lowest BCUT2D eigenvalue weighted by Gasteiger charge is -2.17. The summed E-state index contributed by atoms with van der Waals surface area (Å²) in [5.41, 5.74) is 0. The Hall–Kier alpha value is -0.940. The molecule has 0 fully saturated rings. The Balaban J connectivity index is 2.05. The summed E-state index contributed by atoms with van der Waals surface area (Å²) >= 11 is 0. The summed E-state index contributed by atoms with van der Waals surface area (Å²) in [5.74, 6) is 2.65. The van der Waals surface area contributed by atoms with Crippen LogP contribution < -0.4 is 5.32 Å². The zero-order chi connectivity index (χ0) is 10.7. The molecule has 0 spiro atoms. The molecule has 1 aliphatic rings. The van der Waals surface area contributed by atoms with E-state index >= 15 is 0 Å². The number of hydrogen-bond acceptors (Lipinski definition) is 4. The van der Waals surface area contributed by atoms with E-state index in [1.54, 1.807) is 7.11 Å². The van der Waals surface area contributed by atoms with E-state index in [-0.39, 0.29) is 0 Å². The van der Waals surface area contributed by atoms with Crippen molar-refractivity contribution in [3.63, 3.8) is 0 Å². The highest BCUT2D eigenvalue weighted by Gasteiger charge is 2.16. The number of aromatic nitrogens is 3. The van der Waals surface area contributed by atoms with E-state index in [1.165, 1.54) is 0 Å². The van der Waals surface area contributed by atoms with E-state index in [4.69, 9.17) is 4.74 Å². The van der Waals surface area contributed by atoms with Gasteiger partial charge in [-0.05, 0) is 5.92 Å². The molecule has 0 saturated heterocycles. The van der Waals surface area contributed by atoms with Crippen LogP contribution in [0, 0.1) is 5.92 Å². The van der Waals surface area contributed by atoms with Crippen LogP contribution in [-0.4, -0.2) is 35.0 Å². The van der Waals surface area contributed by atoms with Crippen LogP contribution in [-0.2, 0) is 24.2 Å². The van der Waals surface area contributed by atoms with Gasteiger partial charge < -0.3 is 14.6 Å². The van der Waals surface area contributed by atoms with Crippen LogP contribution in [0.25, 0.3) is 0 Å². The molecule has 0 bridgehead atoms. The molecule has 0 aromatic carbocycles. The third-order valence-electron chi connectivity index (χ3n) is 2.68. The Morgan fingerprint density at radius 1 is 1.53 bits per heavy atom. The summed E-state index contributed by atoms with van der Waals surface area (Å²) in [5, 5.41) is 11.7. The zero-order valence-corrected chi connectivity index (χ0v) is 9.36. The predicted molar refractivity (Wildman–Crippen MR) is 56.5 cm³/mol. The number of ether oxygens (including phenoxy) is 1. The molecule has 5 heteroatoms. The second kappa shape index (κ2) is 4.72. The Labute approximate surface area is 89.8 Å². The number of rotatable bonds is 4. The van der Waals surface area contributed by atoms with Gasteiger partial charge in [-0.15, -0.1) is 10.2 Å². The van der Waals surface area contributed by atoms with E-state index in [2.05, 4.69) is 27.0 Å². The average molecular weight is 210 g/mol. The normalized spacial score (nSPS) is 17.5. The van der Waals surface area contributed by atoms with Gasteiger partial charge in [0.1, 0.15) is 11.6 Å². The van der Waals surface area contributed by atoms with E-state index in [1.807, 2.05) is 0 Å². The topological polar surface area (TPSA) is 52.0 Å². The maximum absolute atomic E-state index is 5.13. The molecule has 1 aliphatic heterocycles. The smallest absolute Gasteiger partial charge is 0.147 e. The summed E-state index contributed by atoms with van der Waals surface area (Å²) in [6, 6.07) is 0. The van der Waals surface area contributed by atoms with Crippen molar-refractivity contribution in [2.24, 2.45) is 5.92 Å². The molecule has 1 atom stereocenters. The number of nitrogens with one attached hydrogen (secondary N) is 1. The number of methoxy groups -OCH3 is 1. The highest BCUT2D eigenvalue weighted by atomic mass is 16.5. The summed E-state index contributed by atoms with van der Waals surface area (Å²) in [6.07, 6.45) is 0.945. The van der Waals surface area contributed by atoms with Crippen molar-refractivity contribution >= 4 is 0 Å². The first-order valence-electron chi connectivity index (χ1n) is 5.42. The van der Waals surface area contributed by atoms with Gasteiger partial charge in [0.05, 0.1) is 6.54 Å². The van der Waals surface area contributed by atoms with Crippen molar-refractivity contribution in [2.75, 3.05) is 20.3 Å². The fourth-order valence-corrected chi connectivity index (χ4v) is 1.96. The molecule has 0 saturated carbocycles. The van der Waals surface area contributed by atoms with Gasteiger partial charge in [-0.3, -0.25) is 0 Å². The first kappa shape index (κ1) is 10.6. The van der Waals surface area contributed by atoms with Gasteiger partial charge in [-0.2, -0.15) is 0 Å². The summed E-state index contributed by atoms with van der Waals surface area (Å²) in [6.45, 7) is 5.78. The number of hydrogen-bond donors (Lipinski definition) is 1. The Morgan fingerprint density at radius 3 is 3.20 bits per heavy atom. The molecule has 2 heterocycles. The third-order valence-corrected chi connectivity index (χ3v) is 2.68. The summed E-state index contributed by atoms with van der Waals surface area (Å²) < 4.78 is 7.35. The van der Waals surface area contributed by atoms with E-state index in [0.717, 1.165) is 44.3 Å². The lowest BCUT2D eigenvalue weighted by molar-refractivity contribution is 0.158. The van der Waals surface area contributed by atoms with E-state index in [0.29, 0.717) is 5.92 Å². The lowest BCUT2D eigenvalue weighted by Crippen LogP contribution is -2.29. The maximum atomic E-state index is 5.13. The quantitative estimate of drug-likeness (QED) is 0.771. The minimum atomic E-state index is 0.498. The Bertz CT molecular complexity index is 323. The second-order valence-electron chi connectivity index (χ2n) is 4.13. The minimum Gasteiger partial charge on any atom is -0.384 e. The molecule has 15 heavy (non-hydrogen) atoms. The second-order valence-corrected chi connectivity index (χ2v) is 4.13. The van der Waals surface area contributed by atoms with Crippen LogP contribution in [0.5, 0.6) is 0 Å². The monoisotopic (exact) mass is 210 g/mol. The first-order chi connectivity index (χ1) is 7.31. The van der Waals surface area contributed by atoms with Gasteiger partial charge in [-0.1, -0.05) is 6.92 Å². The van der Waals surface area contributed by atoms with Crippen LogP contribution in [0.3, 0.4) is 0 Å². The van der Waals surface area contributed by atoms with Crippen LogP contribution in [0.4, 0.5) is 0 Å². The molecule has 5 nitrogen and oxygen atoms in total. The standard InChI is InChI=1S/C10H18N4O/c1-8(7-15-2)5-9-12-13-10-6-11-3-4-14(9)10/h8,11H,3-7H2,1-2H3. The summed E-state index contributed by atoms with van der Waals surface area (Å²) in [7, 11) is 1.74. The van der Waals surface area contributed by atoms with Gasteiger partial charge in [0, 0.05) is 33.2 Å². The van der Waals surface area contributed by atoms with Gasteiger partial charge in [0.25, 0.3) is 0 Å². The van der Waals surface area contributed by atoms with Crippen molar-refractivity contribution in [1.29, 1.82) is 0 Å². The van der Waals surface area contributed by atoms with Crippen molar-refractivity contribution in [1.82, 2.24) is 20.1 Å². The van der Waals surface area contributed by atoms with Crippen molar-refractivity contribution in [2.45, 2.75) is 26.4 Å². The highest BCUT2D eigenvalue weighted by Crippen LogP contribution is 2.10. The fourth-order valence-electron chi connectivity index (χ4n) is 1.96. The van der Waals surface area contributed by atoms with Crippen LogP contribution in [0.2, 0.25) is 0 Å². The lowest BCUT2D eigenvalue weighted by atomic mass is 10.1. The molecule has 84 valence electrons. The zero-order valence-electron chi connectivity index (χ0n) is 9.36. The molecule has 0 amide bonds. The van der Waals surface area contributed by atoms with Gasteiger partial charge in [0.15, 0.2) is 0 Å². The van der Waals surface area contributed by atoms with Crippen molar-refractivity contribution < 1.29 is 4.74 Å². The summed E-state index contributed by atoms with van der Waals surface area (Å²) in [4.78, 5) is 0. The van der Waals surface area contributed by atoms with E-state index in [9.17, 15) is 0 Å². The number of nitrogens with zero attached hydrogens (tertiary/aromatic N) is 3. The molecular formula is C10H18N4O. The van der Waals surface area contributed by atoms with Crippen molar-refractivity contribution in [3.8, 4) is 0 Å². The van der Waals surface area contributed by atoms with Gasteiger partial charge >= 0.3 is 0 Å². The largest absolute Gasteiger partial charge is 0.384 e. The van der Waals surface area contributed by atoms with Crippen molar-refractivity contribution in [3.05, 3.63) is 11.6 Å². The van der Waals surface area contributed by atoms with Crippen LogP contribution in [0.15, 0.2) is 0 Å². The highest BCUT2D eigenvalue weighted by molar-refractivity contribution is 4.99. The first-order valence-corrected chi connectivity index (χ1v) is 5.42. The SMILES string of the molecule is COCC(C)Cc1nnc2n1CCNC2. The average Bonchev–Trinajstić information content (AvgIpc) is 2.62. The molecule has 1 aromatic heterocycles. The van der Waals surface area contributed by atoms with E-state index < -0.39 is 0 Å². The maximum Gasteiger partial charge on any atom is 0.147 e. The molecule has 1 unspecified atom stereocenters. The Kier molecular flexibility index (Phi) is 3.33. The minimum absolute atomic E-state index is 0.498. The van der Waals surface area contributed by atoms with Crippen LogP contribution >= 0.6 is 0 Å². The van der Waals surface area contributed by atoms with Gasteiger partial charge in [-0.25, -0.2) is 0 Å². The molecule has 2 rings (SSSR count). The molecule has 1 aromatic rings. The van der Waals surface area contributed by atoms with Crippen LogP contribution in [0.1, 0.15) is 18.6 Å². The molecule has 0 radical (unpaired) electrons. The number of fused-ring (bicyclic) bond motifs is 1. The molecule has 0 aliphatic carbocycles. The molecule has 1 N–H and O–H groups in total. The fraction of sp³-hybridized carbons (Fsp3) is 0.800.